The highest BCUT2D eigenvalue weighted by Gasteiger charge is 2.15. The van der Waals surface area contributed by atoms with Crippen LogP contribution in [-0.4, -0.2) is 39.0 Å². The fourth-order valence-corrected chi connectivity index (χ4v) is 2.35. The van der Waals surface area contributed by atoms with Crippen LogP contribution in [0.1, 0.15) is 13.3 Å². The van der Waals surface area contributed by atoms with E-state index >= 15 is 0 Å². The van der Waals surface area contributed by atoms with Gasteiger partial charge in [-0.05, 0) is 18.6 Å². The third kappa shape index (κ3) is 4.10. The number of thioether (sulfide) groups is 1. The van der Waals surface area contributed by atoms with Gasteiger partial charge in [0.1, 0.15) is 0 Å². The largest absolute Gasteiger partial charge is 0.461 e. The molecule has 2 N–H and O–H groups in total. The average molecular weight is 323 g/mol. The molecular weight excluding hydrogens is 306 g/mol. The molecule has 0 aromatic carbocycles. The molecule has 0 spiro atoms. The number of hydrogen-bond acceptors (Lipinski definition) is 6. The predicted molar refractivity (Wildman–Crippen MR) is 81.3 cm³/mol. The van der Waals surface area contributed by atoms with Gasteiger partial charge in [-0.15, -0.1) is 10.2 Å². The zero-order valence-electron chi connectivity index (χ0n) is 12.3. The number of carbonyl (C=O) groups is 2. The number of nitrogens with zero attached hydrogens (tertiary/aromatic N) is 3. The number of nitrogens with one attached hydrogen (secondary N) is 2. The van der Waals surface area contributed by atoms with Crippen molar-refractivity contribution in [2.24, 2.45) is 7.05 Å². The van der Waals surface area contributed by atoms with Crippen LogP contribution in [0.15, 0.2) is 28.0 Å². The van der Waals surface area contributed by atoms with Gasteiger partial charge in [0.2, 0.25) is 5.91 Å². The summed E-state index contributed by atoms with van der Waals surface area (Å²) in [5, 5.41) is 13.4. The highest BCUT2D eigenvalue weighted by atomic mass is 32.2. The number of rotatable bonds is 6. The molecular formula is C13H17N5O3S. The quantitative estimate of drug-likeness (QED) is 0.779. The van der Waals surface area contributed by atoms with Crippen LogP contribution in [0.5, 0.6) is 0 Å². The Labute approximate surface area is 131 Å². The zero-order valence-corrected chi connectivity index (χ0v) is 13.1. The number of aromatic nitrogens is 3. The van der Waals surface area contributed by atoms with E-state index in [2.05, 4.69) is 20.8 Å². The SMILES string of the molecule is CCCNC(=O)NC(=O)CSc1nnc(-c2ccco2)n1C. The van der Waals surface area contributed by atoms with Crippen molar-refractivity contribution in [1.82, 2.24) is 25.4 Å². The van der Waals surface area contributed by atoms with Gasteiger partial charge in [-0.25, -0.2) is 4.79 Å². The second-order valence-electron chi connectivity index (χ2n) is 4.44. The Bertz CT molecular complexity index is 638. The summed E-state index contributed by atoms with van der Waals surface area (Å²) in [5.74, 6) is 0.865. The molecule has 0 aliphatic rings. The van der Waals surface area contributed by atoms with Gasteiger partial charge in [-0.3, -0.25) is 10.1 Å². The molecule has 2 aromatic rings. The van der Waals surface area contributed by atoms with E-state index in [1.165, 1.54) is 11.8 Å². The fourth-order valence-electron chi connectivity index (χ4n) is 1.64. The molecule has 2 heterocycles. The van der Waals surface area contributed by atoms with Gasteiger partial charge < -0.3 is 14.3 Å². The van der Waals surface area contributed by atoms with Crippen LogP contribution in [0.4, 0.5) is 4.79 Å². The number of carbonyl (C=O) groups excluding carboxylic acids is 2. The number of urea groups is 1. The molecule has 0 aliphatic carbocycles. The van der Waals surface area contributed by atoms with Gasteiger partial charge >= 0.3 is 6.03 Å². The van der Waals surface area contributed by atoms with Crippen molar-refractivity contribution in [2.75, 3.05) is 12.3 Å². The third-order valence-electron chi connectivity index (χ3n) is 2.70. The Morgan fingerprint density at radius 3 is 2.91 bits per heavy atom. The minimum atomic E-state index is -0.485. The summed E-state index contributed by atoms with van der Waals surface area (Å²) in [6.07, 6.45) is 2.37. The Morgan fingerprint density at radius 1 is 1.41 bits per heavy atom. The number of amides is 3. The standard InChI is InChI=1S/C13H17N5O3S/c1-3-6-14-12(20)15-10(19)8-22-13-17-16-11(18(13)2)9-5-4-7-21-9/h4-5,7H,3,6,8H2,1-2H3,(H2,14,15,19,20). The Kier molecular flexibility index (Phi) is 5.59. The summed E-state index contributed by atoms with van der Waals surface area (Å²) in [7, 11) is 1.78. The van der Waals surface area contributed by atoms with Crippen LogP contribution < -0.4 is 10.6 Å². The van der Waals surface area contributed by atoms with Gasteiger partial charge in [0.15, 0.2) is 16.7 Å². The maximum absolute atomic E-state index is 11.7. The molecule has 118 valence electrons. The topological polar surface area (TPSA) is 102 Å². The van der Waals surface area contributed by atoms with E-state index < -0.39 is 6.03 Å². The third-order valence-corrected chi connectivity index (χ3v) is 3.72. The normalized spacial score (nSPS) is 10.5. The van der Waals surface area contributed by atoms with Crippen molar-refractivity contribution in [2.45, 2.75) is 18.5 Å². The second kappa shape index (κ2) is 7.64. The second-order valence-corrected chi connectivity index (χ2v) is 5.38. The van der Waals surface area contributed by atoms with Crippen molar-refractivity contribution in [3.63, 3.8) is 0 Å². The molecule has 0 fully saturated rings. The molecule has 0 radical (unpaired) electrons. The number of hydrogen-bond donors (Lipinski definition) is 2. The smallest absolute Gasteiger partial charge is 0.321 e. The van der Waals surface area contributed by atoms with Gasteiger partial charge in [-0.1, -0.05) is 18.7 Å². The molecule has 0 bridgehead atoms. The lowest BCUT2D eigenvalue weighted by atomic mass is 10.4. The molecule has 2 rings (SSSR count). The summed E-state index contributed by atoms with van der Waals surface area (Å²) in [5.41, 5.74) is 0. The van der Waals surface area contributed by atoms with E-state index in [1.54, 1.807) is 30.0 Å². The lowest BCUT2D eigenvalue weighted by Crippen LogP contribution is -2.40. The van der Waals surface area contributed by atoms with Crippen LogP contribution in [0.2, 0.25) is 0 Å². The van der Waals surface area contributed by atoms with E-state index in [9.17, 15) is 9.59 Å². The highest BCUT2D eigenvalue weighted by Crippen LogP contribution is 2.22. The number of furan rings is 1. The summed E-state index contributed by atoms with van der Waals surface area (Å²) < 4.78 is 6.99. The van der Waals surface area contributed by atoms with E-state index in [1.807, 2.05) is 6.92 Å². The molecule has 0 unspecified atom stereocenters. The summed E-state index contributed by atoms with van der Waals surface area (Å²) in [6.45, 7) is 2.46. The highest BCUT2D eigenvalue weighted by molar-refractivity contribution is 7.99. The molecule has 0 saturated heterocycles. The van der Waals surface area contributed by atoms with Crippen LogP contribution in [-0.2, 0) is 11.8 Å². The van der Waals surface area contributed by atoms with E-state index in [0.717, 1.165) is 6.42 Å². The van der Waals surface area contributed by atoms with Crippen LogP contribution in [0, 0.1) is 0 Å². The minimum absolute atomic E-state index is 0.0731. The van der Waals surface area contributed by atoms with E-state index in [0.29, 0.717) is 23.3 Å². The molecule has 0 aliphatic heterocycles. The minimum Gasteiger partial charge on any atom is -0.461 e. The Morgan fingerprint density at radius 2 is 2.23 bits per heavy atom. The lowest BCUT2D eigenvalue weighted by Gasteiger charge is -2.05. The first-order valence-electron chi connectivity index (χ1n) is 6.75. The maximum atomic E-state index is 11.7. The van der Waals surface area contributed by atoms with Crippen LogP contribution >= 0.6 is 11.8 Å². The monoisotopic (exact) mass is 323 g/mol. The summed E-state index contributed by atoms with van der Waals surface area (Å²) in [4.78, 5) is 23.0. The summed E-state index contributed by atoms with van der Waals surface area (Å²) in [6, 6.07) is 3.06. The first kappa shape index (κ1) is 16.1. The maximum Gasteiger partial charge on any atom is 0.321 e. The Hall–Kier alpha value is -2.29. The van der Waals surface area contributed by atoms with Gasteiger partial charge in [0, 0.05) is 13.6 Å². The molecule has 22 heavy (non-hydrogen) atoms. The van der Waals surface area contributed by atoms with Gasteiger partial charge in [-0.2, -0.15) is 0 Å². The fraction of sp³-hybridized carbons (Fsp3) is 0.385. The van der Waals surface area contributed by atoms with Crippen molar-refractivity contribution in [3.05, 3.63) is 18.4 Å². The zero-order chi connectivity index (χ0) is 15.9. The van der Waals surface area contributed by atoms with Crippen LogP contribution in [0.3, 0.4) is 0 Å². The molecule has 0 saturated carbocycles. The van der Waals surface area contributed by atoms with Crippen molar-refractivity contribution in [1.29, 1.82) is 0 Å². The van der Waals surface area contributed by atoms with Crippen molar-refractivity contribution < 1.29 is 14.0 Å². The van der Waals surface area contributed by atoms with Gasteiger partial charge in [0.25, 0.3) is 0 Å². The Balaban J connectivity index is 1.87. The van der Waals surface area contributed by atoms with E-state index in [-0.39, 0.29) is 11.7 Å². The van der Waals surface area contributed by atoms with Crippen LogP contribution in [0.25, 0.3) is 11.6 Å². The molecule has 3 amide bonds. The molecule has 2 aromatic heterocycles. The first-order chi connectivity index (χ1) is 10.6. The van der Waals surface area contributed by atoms with Gasteiger partial charge in [0.05, 0.1) is 12.0 Å². The molecule has 8 nitrogen and oxygen atoms in total. The van der Waals surface area contributed by atoms with E-state index in [4.69, 9.17) is 4.42 Å². The predicted octanol–water partition coefficient (Wildman–Crippen LogP) is 1.40. The van der Waals surface area contributed by atoms with Crippen molar-refractivity contribution >= 4 is 23.7 Å². The summed E-state index contributed by atoms with van der Waals surface area (Å²) >= 11 is 1.19. The average Bonchev–Trinajstić information content (AvgIpc) is 3.12. The van der Waals surface area contributed by atoms with Crippen molar-refractivity contribution in [3.8, 4) is 11.6 Å². The molecule has 9 heteroatoms. The lowest BCUT2D eigenvalue weighted by molar-refractivity contribution is -0.117. The first-order valence-corrected chi connectivity index (χ1v) is 7.74. The number of imide groups is 1. The molecule has 0 atom stereocenters.